The molecular formula is C22H27N5O2S2. The van der Waals surface area contributed by atoms with Crippen molar-refractivity contribution in [2.24, 2.45) is 0 Å². The summed E-state index contributed by atoms with van der Waals surface area (Å²) < 4.78 is 2.26. The molecule has 4 rings (SSSR count). The number of amides is 1. The summed E-state index contributed by atoms with van der Waals surface area (Å²) in [5.41, 5.74) is 2.29. The van der Waals surface area contributed by atoms with E-state index in [0.717, 1.165) is 42.3 Å². The number of hydrogen-bond donors (Lipinski definition) is 1. The van der Waals surface area contributed by atoms with Crippen molar-refractivity contribution in [2.75, 3.05) is 29.1 Å². The standard InChI is InChI=1S/C22H27N5O2S2/c1-14(2)27-20(29)18-19(24-21(31-18)26-11-5-4-6-12-26)25-22(27)30-13-17(28)23-16-9-7-15(3)8-10-16/h7-10,14H,4-6,11-13H2,1-3H3,(H,23,28). The minimum absolute atomic E-state index is 0.0624. The first-order chi connectivity index (χ1) is 14.9. The number of rotatable bonds is 6. The van der Waals surface area contributed by atoms with E-state index in [2.05, 4.69) is 20.2 Å². The van der Waals surface area contributed by atoms with Gasteiger partial charge in [0, 0.05) is 24.8 Å². The van der Waals surface area contributed by atoms with Crippen LogP contribution in [0.25, 0.3) is 10.3 Å². The van der Waals surface area contributed by atoms with Crippen molar-refractivity contribution >= 4 is 50.2 Å². The number of carbonyl (C=O) groups excluding carboxylic acids is 1. The maximum Gasteiger partial charge on any atom is 0.274 e. The minimum Gasteiger partial charge on any atom is -0.348 e. The van der Waals surface area contributed by atoms with Crippen LogP contribution in [0.2, 0.25) is 0 Å². The van der Waals surface area contributed by atoms with E-state index in [-0.39, 0.29) is 23.3 Å². The van der Waals surface area contributed by atoms with E-state index >= 15 is 0 Å². The molecule has 0 radical (unpaired) electrons. The zero-order valence-electron chi connectivity index (χ0n) is 18.1. The highest BCUT2D eigenvalue weighted by atomic mass is 32.2. The van der Waals surface area contributed by atoms with Crippen LogP contribution in [0.3, 0.4) is 0 Å². The molecule has 2 aromatic heterocycles. The summed E-state index contributed by atoms with van der Waals surface area (Å²) in [4.78, 5) is 37.3. The average Bonchev–Trinajstić information content (AvgIpc) is 3.19. The van der Waals surface area contributed by atoms with Crippen LogP contribution >= 0.6 is 23.1 Å². The molecule has 0 spiro atoms. The molecule has 0 unspecified atom stereocenters. The molecule has 3 heterocycles. The molecule has 0 bridgehead atoms. The van der Waals surface area contributed by atoms with Gasteiger partial charge < -0.3 is 10.2 Å². The molecule has 3 aromatic rings. The van der Waals surface area contributed by atoms with Gasteiger partial charge in [-0.3, -0.25) is 14.2 Å². The number of piperidine rings is 1. The van der Waals surface area contributed by atoms with Gasteiger partial charge in [-0.05, 0) is 52.2 Å². The van der Waals surface area contributed by atoms with Crippen molar-refractivity contribution in [3.8, 4) is 0 Å². The third kappa shape index (κ3) is 4.93. The largest absolute Gasteiger partial charge is 0.348 e. The minimum atomic E-state index is -0.134. The summed E-state index contributed by atoms with van der Waals surface area (Å²) in [5, 5.41) is 4.29. The Labute approximate surface area is 189 Å². The van der Waals surface area contributed by atoms with Gasteiger partial charge in [-0.2, -0.15) is 4.98 Å². The van der Waals surface area contributed by atoms with Crippen LogP contribution in [-0.2, 0) is 4.79 Å². The molecule has 7 nitrogen and oxygen atoms in total. The predicted molar refractivity (Wildman–Crippen MR) is 129 cm³/mol. The number of thiazole rings is 1. The quantitative estimate of drug-likeness (QED) is 0.435. The molecule has 164 valence electrons. The van der Waals surface area contributed by atoms with Crippen LogP contribution in [-0.4, -0.2) is 39.3 Å². The highest BCUT2D eigenvalue weighted by Crippen LogP contribution is 2.30. The van der Waals surface area contributed by atoms with Crippen molar-refractivity contribution in [1.82, 2.24) is 14.5 Å². The molecule has 9 heteroatoms. The van der Waals surface area contributed by atoms with Crippen molar-refractivity contribution < 1.29 is 4.79 Å². The number of aromatic nitrogens is 3. The Morgan fingerprint density at radius 2 is 1.87 bits per heavy atom. The van der Waals surface area contributed by atoms with Crippen LogP contribution in [0.4, 0.5) is 10.8 Å². The zero-order chi connectivity index (χ0) is 22.0. The molecule has 1 fully saturated rings. The first-order valence-electron chi connectivity index (χ1n) is 10.6. The lowest BCUT2D eigenvalue weighted by atomic mass is 10.1. The summed E-state index contributed by atoms with van der Waals surface area (Å²) in [6, 6.07) is 7.61. The number of hydrogen-bond acceptors (Lipinski definition) is 7. The number of anilines is 2. The van der Waals surface area contributed by atoms with Crippen LogP contribution in [0.5, 0.6) is 0 Å². The van der Waals surface area contributed by atoms with Crippen molar-refractivity contribution in [2.45, 2.75) is 51.2 Å². The maximum absolute atomic E-state index is 13.2. The van der Waals surface area contributed by atoms with Gasteiger partial charge in [-0.15, -0.1) is 0 Å². The molecule has 1 amide bonds. The molecule has 1 aliphatic heterocycles. The van der Waals surface area contributed by atoms with Gasteiger partial charge in [0.1, 0.15) is 4.70 Å². The molecule has 1 aromatic carbocycles. The highest BCUT2D eigenvalue weighted by molar-refractivity contribution is 7.99. The summed E-state index contributed by atoms with van der Waals surface area (Å²) >= 11 is 2.70. The first-order valence-corrected chi connectivity index (χ1v) is 12.4. The topological polar surface area (TPSA) is 80.1 Å². The number of carbonyl (C=O) groups is 1. The molecule has 31 heavy (non-hydrogen) atoms. The molecule has 0 atom stereocenters. The third-order valence-corrected chi connectivity index (χ3v) is 7.28. The van der Waals surface area contributed by atoms with Gasteiger partial charge in [0.05, 0.1) is 5.75 Å². The van der Waals surface area contributed by atoms with Crippen molar-refractivity contribution in [3.05, 3.63) is 40.2 Å². The summed E-state index contributed by atoms with van der Waals surface area (Å²) in [5.74, 6) is 0.0348. The van der Waals surface area contributed by atoms with Crippen LogP contribution in [0.15, 0.2) is 34.2 Å². The molecule has 1 N–H and O–H groups in total. The number of thioether (sulfide) groups is 1. The van der Waals surface area contributed by atoms with E-state index < -0.39 is 0 Å². The van der Waals surface area contributed by atoms with Crippen LogP contribution < -0.4 is 15.8 Å². The number of nitrogens with zero attached hydrogens (tertiary/aromatic N) is 4. The van der Waals surface area contributed by atoms with Gasteiger partial charge in [0.2, 0.25) is 5.91 Å². The van der Waals surface area contributed by atoms with Crippen molar-refractivity contribution in [3.63, 3.8) is 0 Å². The Balaban J connectivity index is 1.57. The van der Waals surface area contributed by atoms with Gasteiger partial charge in [-0.1, -0.05) is 40.8 Å². The SMILES string of the molecule is Cc1ccc(NC(=O)CSc2nc3nc(N4CCCCC4)sc3c(=O)n2C(C)C)cc1. The van der Waals surface area contributed by atoms with Crippen molar-refractivity contribution in [1.29, 1.82) is 0 Å². The monoisotopic (exact) mass is 457 g/mol. The lowest BCUT2D eigenvalue weighted by Crippen LogP contribution is -2.29. The molecule has 0 saturated carbocycles. The number of benzene rings is 1. The average molecular weight is 458 g/mol. The van der Waals surface area contributed by atoms with Gasteiger partial charge in [0.15, 0.2) is 15.9 Å². The number of fused-ring (bicyclic) bond motifs is 1. The molecule has 1 aliphatic rings. The smallest absolute Gasteiger partial charge is 0.274 e. The Hall–Kier alpha value is -2.39. The fraction of sp³-hybridized carbons (Fsp3) is 0.455. The third-order valence-electron chi connectivity index (χ3n) is 5.23. The summed E-state index contributed by atoms with van der Waals surface area (Å²) in [6.45, 7) is 7.86. The van der Waals surface area contributed by atoms with E-state index in [1.165, 1.54) is 29.5 Å². The Morgan fingerprint density at radius 1 is 1.16 bits per heavy atom. The van der Waals surface area contributed by atoms with Gasteiger partial charge in [-0.25, -0.2) is 4.98 Å². The second-order valence-electron chi connectivity index (χ2n) is 8.06. The van der Waals surface area contributed by atoms with Gasteiger partial charge >= 0.3 is 0 Å². The second kappa shape index (κ2) is 9.40. The molecule has 0 aliphatic carbocycles. The zero-order valence-corrected chi connectivity index (χ0v) is 19.7. The second-order valence-corrected chi connectivity index (χ2v) is 9.98. The fourth-order valence-corrected chi connectivity index (χ4v) is 5.51. The van der Waals surface area contributed by atoms with E-state index in [4.69, 9.17) is 0 Å². The van der Waals surface area contributed by atoms with Crippen LogP contribution in [0.1, 0.15) is 44.7 Å². The van der Waals surface area contributed by atoms with E-state index in [1.54, 1.807) is 4.57 Å². The highest BCUT2D eigenvalue weighted by Gasteiger charge is 2.21. The fourth-order valence-electron chi connectivity index (χ4n) is 3.60. The summed E-state index contributed by atoms with van der Waals surface area (Å²) in [6.07, 6.45) is 3.54. The Morgan fingerprint density at radius 3 is 2.55 bits per heavy atom. The predicted octanol–water partition coefficient (Wildman–Crippen LogP) is 4.46. The van der Waals surface area contributed by atoms with E-state index in [1.807, 2.05) is 45.0 Å². The maximum atomic E-state index is 13.2. The van der Waals surface area contributed by atoms with Crippen LogP contribution in [0, 0.1) is 6.92 Å². The Kier molecular flexibility index (Phi) is 6.62. The normalized spacial score (nSPS) is 14.4. The lowest BCUT2D eigenvalue weighted by molar-refractivity contribution is -0.113. The number of nitrogens with one attached hydrogen (secondary N) is 1. The lowest BCUT2D eigenvalue weighted by Gasteiger charge is -2.25. The number of aryl methyl sites for hydroxylation is 1. The molecule has 1 saturated heterocycles. The Bertz CT molecular complexity index is 1130. The van der Waals surface area contributed by atoms with E-state index in [9.17, 15) is 9.59 Å². The summed E-state index contributed by atoms with van der Waals surface area (Å²) in [7, 11) is 0. The first kappa shape index (κ1) is 21.8. The molecular weight excluding hydrogens is 430 g/mol. The van der Waals surface area contributed by atoms with Gasteiger partial charge in [0.25, 0.3) is 5.56 Å². The van der Waals surface area contributed by atoms with E-state index in [0.29, 0.717) is 15.5 Å².